The van der Waals surface area contributed by atoms with Crippen LogP contribution in [-0.4, -0.2) is 44.4 Å². The van der Waals surface area contributed by atoms with Crippen LogP contribution in [0, 0.1) is 5.41 Å². The fourth-order valence-corrected chi connectivity index (χ4v) is 3.48. The Labute approximate surface area is 124 Å². The van der Waals surface area contributed by atoms with Gasteiger partial charge < -0.3 is 14.7 Å². The van der Waals surface area contributed by atoms with Gasteiger partial charge in [-0.1, -0.05) is 6.92 Å². The lowest BCUT2D eigenvalue weighted by Crippen LogP contribution is -2.50. The minimum atomic E-state index is -4.26. The first-order valence-electron chi connectivity index (χ1n) is 6.91. The number of ether oxygens (including phenoxy) is 1. The molecule has 2 aliphatic heterocycles. The molecule has 0 radical (unpaired) electrons. The van der Waals surface area contributed by atoms with Crippen LogP contribution in [0.3, 0.4) is 0 Å². The van der Waals surface area contributed by atoms with E-state index in [0.717, 1.165) is 18.8 Å². The Kier molecular flexibility index (Phi) is 3.48. The van der Waals surface area contributed by atoms with E-state index in [4.69, 9.17) is 9.29 Å². The van der Waals surface area contributed by atoms with Crippen molar-refractivity contribution in [2.75, 3.05) is 31.2 Å². The summed E-state index contributed by atoms with van der Waals surface area (Å²) in [6, 6.07) is 4.39. The van der Waals surface area contributed by atoms with E-state index in [1.807, 2.05) is 0 Å². The lowest BCUT2D eigenvalue weighted by molar-refractivity contribution is -0.0959. The lowest BCUT2D eigenvalue weighted by Gasteiger charge is -2.44. The molecule has 2 aliphatic rings. The van der Waals surface area contributed by atoms with Gasteiger partial charge in [-0.25, -0.2) is 0 Å². The molecule has 1 atom stereocenters. The molecular formula is C14H19NO5S. The monoisotopic (exact) mass is 313 g/mol. The number of fused-ring (bicyclic) bond motifs is 1. The molecule has 1 unspecified atom stereocenters. The van der Waals surface area contributed by atoms with Crippen molar-refractivity contribution in [3.63, 3.8) is 0 Å². The number of nitrogens with zero attached hydrogens (tertiary/aromatic N) is 1. The van der Waals surface area contributed by atoms with Crippen LogP contribution in [0.15, 0.2) is 23.1 Å². The Bertz CT molecular complexity index is 653. The number of rotatable bonds is 3. The molecule has 1 aromatic rings. The van der Waals surface area contributed by atoms with Gasteiger partial charge in [0.05, 0.1) is 24.2 Å². The van der Waals surface area contributed by atoms with E-state index in [0.29, 0.717) is 25.2 Å². The van der Waals surface area contributed by atoms with Crippen LogP contribution in [0.25, 0.3) is 0 Å². The van der Waals surface area contributed by atoms with Crippen LogP contribution in [0.4, 0.5) is 5.69 Å². The maximum absolute atomic E-state index is 11.2. The Hall–Kier alpha value is -1.15. The van der Waals surface area contributed by atoms with Gasteiger partial charge in [-0.3, -0.25) is 4.55 Å². The summed E-state index contributed by atoms with van der Waals surface area (Å²) in [7, 11) is -4.26. The maximum Gasteiger partial charge on any atom is 0.294 e. The molecule has 0 spiro atoms. The number of aliphatic hydroxyl groups excluding tert-OH is 1. The van der Waals surface area contributed by atoms with Crippen molar-refractivity contribution in [3.8, 4) is 0 Å². The van der Waals surface area contributed by atoms with Crippen LogP contribution in [0.2, 0.25) is 0 Å². The van der Waals surface area contributed by atoms with Gasteiger partial charge in [-0.05, 0) is 24.6 Å². The third-order valence-electron chi connectivity index (χ3n) is 4.14. The number of anilines is 1. The minimum absolute atomic E-state index is 0.0985. The molecule has 0 aromatic heterocycles. The summed E-state index contributed by atoms with van der Waals surface area (Å²) in [4.78, 5) is 1.97. The van der Waals surface area contributed by atoms with Crippen molar-refractivity contribution in [2.45, 2.75) is 24.3 Å². The number of hydrogen-bond donors (Lipinski definition) is 2. The molecule has 116 valence electrons. The summed E-state index contributed by atoms with van der Waals surface area (Å²) in [5.41, 5.74) is 1.48. The molecule has 0 bridgehead atoms. The third-order valence-corrected chi connectivity index (χ3v) is 4.99. The first-order chi connectivity index (χ1) is 9.78. The number of hydrogen-bond acceptors (Lipinski definition) is 5. The third kappa shape index (κ3) is 2.78. The first-order valence-corrected chi connectivity index (χ1v) is 8.35. The van der Waals surface area contributed by atoms with Gasteiger partial charge in [0.25, 0.3) is 10.1 Å². The van der Waals surface area contributed by atoms with Crippen LogP contribution < -0.4 is 4.90 Å². The van der Waals surface area contributed by atoms with Gasteiger partial charge in [0.15, 0.2) is 0 Å². The molecule has 2 N–H and O–H groups in total. The predicted octanol–water partition coefficient (Wildman–Crippen LogP) is 1.21. The number of aliphatic hydroxyl groups is 1. The quantitative estimate of drug-likeness (QED) is 0.816. The second-order valence-electron chi connectivity index (χ2n) is 6.23. The Morgan fingerprint density at radius 2 is 2.14 bits per heavy atom. The first kappa shape index (κ1) is 14.8. The van der Waals surface area contributed by atoms with Crippen molar-refractivity contribution in [1.82, 2.24) is 0 Å². The highest BCUT2D eigenvalue weighted by Crippen LogP contribution is 2.38. The van der Waals surface area contributed by atoms with Crippen molar-refractivity contribution in [2.24, 2.45) is 5.41 Å². The molecule has 0 amide bonds. The van der Waals surface area contributed by atoms with Crippen LogP contribution >= 0.6 is 0 Å². The Morgan fingerprint density at radius 1 is 1.43 bits per heavy atom. The highest BCUT2D eigenvalue weighted by atomic mass is 32.2. The van der Waals surface area contributed by atoms with Crippen molar-refractivity contribution >= 4 is 15.8 Å². The topological polar surface area (TPSA) is 87.1 Å². The minimum Gasteiger partial charge on any atom is -0.388 e. The summed E-state index contributed by atoms with van der Waals surface area (Å²) >= 11 is 0. The standard InChI is InChI=1S/C14H19NO5S/c1-14(8-20-9-14)7-15-5-4-13(16)11-6-10(21(17,18)19)2-3-12(11)15/h2-3,6,13,16H,4-5,7-9H2,1H3,(H,17,18,19). The van der Waals surface area contributed by atoms with Crippen LogP contribution in [-0.2, 0) is 14.9 Å². The fourth-order valence-electron chi connectivity index (χ4n) is 2.97. The van der Waals surface area contributed by atoms with E-state index in [-0.39, 0.29) is 10.3 Å². The molecule has 1 saturated heterocycles. The molecule has 2 heterocycles. The molecule has 0 aliphatic carbocycles. The van der Waals surface area contributed by atoms with Gasteiger partial charge in [-0.2, -0.15) is 8.42 Å². The lowest BCUT2D eigenvalue weighted by atomic mass is 9.86. The average Bonchev–Trinajstić information content (AvgIpc) is 2.39. The predicted molar refractivity (Wildman–Crippen MR) is 77.0 cm³/mol. The molecule has 1 aromatic carbocycles. The SMILES string of the molecule is CC1(CN2CCC(O)c3cc(S(=O)(=O)O)ccc32)COC1. The maximum atomic E-state index is 11.2. The zero-order chi connectivity index (χ0) is 15.3. The Morgan fingerprint density at radius 3 is 2.71 bits per heavy atom. The summed E-state index contributed by atoms with van der Waals surface area (Å²) in [5, 5.41) is 10.1. The van der Waals surface area contributed by atoms with E-state index in [1.54, 1.807) is 6.07 Å². The highest BCUT2D eigenvalue weighted by Gasteiger charge is 2.37. The summed E-state index contributed by atoms with van der Waals surface area (Å²) < 4.78 is 36.9. The summed E-state index contributed by atoms with van der Waals surface area (Å²) in [6.45, 7) is 5.09. The second-order valence-corrected chi connectivity index (χ2v) is 7.65. The van der Waals surface area contributed by atoms with Crippen molar-refractivity contribution in [1.29, 1.82) is 0 Å². The van der Waals surface area contributed by atoms with Crippen LogP contribution in [0.5, 0.6) is 0 Å². The van der Waals surface area contributed by atoms with Gasteiger partial charge in [0.1, 0.15) is 0 Å². The smallest absolute Gasteiger partial charge is 0.294 e. The number of benzene rings is 1. The summed E-state index contributed by atoms with van der Waals surface area (Å²) in [5.74, 6) is 0. The van der Waals surface area contributed by atoms with Gasteiger partial charge in [0.2, 0.25) is 0 Å². The molecule has 1 fully saturated rings. The zero-order valence-corrected chi connectivity index (χ0v) is 12.6. The fraction of sp³-hybridized carbons (Fsp3) is 0.571. The molecule has 0 saturated carbocycles. The van der Waals surface area contributed by atoms with Gasteiger partial charge >= 0.3 is 0 Å². The molecule has 3 rings (SSSR count). The largest absolute Gasteiger partial charge is 0.388 e. The van der Waals surface area contributed by atoms with Gasteiger partial charge in [0, 0.05) is 29.8 Å². The zero-order valence-electron chi connectivity index (χ0n) is 11.8. The van der Waals surface area contributed by atoms with Crippen molar-refractivity contribution < 1.29 is 22.8 Å². The molecule has 6 nitrogen and oxygen atoms in total. The molecule has 7 heteroatoms. The normalized spacial score (nSPS) is 24.3. The second kappa shape index (κ2) is 4.95. The average molecular weight is 313 g/mol. The van der Waals surface area contributed by atoms with E-state index >= 15 is 0 Å². The van der Waals surface area contributed by atoms with E-state index in [2.05, 4.69) is 11.8 Å². The van der Waals surface area contributed by atoms with Crippen LogP contribution in [0.1, 0.15) is 25.0 Å². The van der Waals surface area contributed by atoms with E-state index in [1.165, 1.54) is 12.1 Å². The summed E-state index contributed by atoms with van der Waals surface area (Å²) in [6.07, 6.45) is -0.165. The van der Waals surface area contributed by atoms with E-state index < -0.39 is 16.2 Å². The van der Waals surface area contributed by atoms with Crippen molar-refractivity contribution in [3.05, 3.63) is 23.8 Å². The van der Waals surface area contributed by atoms with E-state index in [9.17, 15) is 13.5 Å². The molecular weight excluding hydrogens is 294 g/mol. The van der Waals surface area contributed by atoms with Gasteiger partial charge in [-0.15, -0.1) is 0 Å². The Balaban J connectivity index is 1.94. The molecule has 21 heavy (non-hydrogen) atoms. The highest BCUT2D eigenvalue weighted by molar-refractivity contribution is 7.85.